The van der Waals surface area contributed by atoms with Gasteiger partial charge in [0.05, 0.1) is 43.5 Å². The van der Waals surface area contributed by atoms with E-state index in [9.17, 15) is 34.2 Å². The average Bonchev–Trinajstić information content (AvgIpc) is 3.25. The van der Waals surface area contributed by atoms with Crippen LogP contribution in [0.2, 0.25) is 0 Å². The Bertz CT molecular complexity index is 1680. The number of ketones is 2. The Morgan fingerprint density at radius 3 is 2.35 bits per heavy atom. The molecular formula is C48H76N2O13. The molecule has 4 aliphatic rings. The molecule has 3 heterocycles. The van der Waals surface area contributed by atoms with Crippen LogP contribution in [0.3, 0.4) is 0 Å². The van der Waals surface area contributed by atoms with Crippen molar-refractivity contribution in [2.75, 3.05) is 34.0 Å². The third kappa shape index (κ3) is 12.7. The normalized spacial score (nSPS) is 38.4. The van der Waals surface area contributed by atoms with E-state index >= 15 is 0 Å². The van der Waals surface area contributed by atoms with E-state index in [4.69, 9.17) is 34.2 Å². The first kappa shape index (κ1) is 52.3. The highest BCUT2D eigenvalue weighted by molar-refractivity contribution is 6.39. The highest BCUT2D eigenvalue weighted by atomic mass is 16.7. The molecular weight excluding hydrogens is 813 g/mol. The van der Waals surface area contributed by atoms with E-state index in [1.807, 2.05) is 26.8 Å². The van der Waals surface area contributed by atoms with E-state index in [2.05, 4.69) is 6.58 Å². The molecule has 14 atom stereocenters. The van der Waals surface area contributed by atoms with Crippen LogP contribution in [0.4, 0.5) is 0 Å². The number of amides is 1. The number of carbonyl (C=O) groups is 5. The van der Waals surface area contributed by atoms with E-state index in [0.29, 0.717) is 50.5 Å². The molecule has 3 fully saturated rings. The molecule has 0 aromatic carbocycles. The van der Waals surface area contributed by atoms with E-state index in [1.54, 1.807) is 39.8 Å². The summed E-state index contributed by atoms with van der Waals surface area (Å²) < 4.78 is 35.7. The van der Waals surface area contributed by atoms with Gasteiger partial charge < -0.3 is 49.3 Å². The Kier molecular flexibility index (Phi) is 19.3. The number of aliphatic hydroxyl groups excluding tert-OH is 1. The molecule has 14 unspecified atom stereocenters. The third-order valence-electron chi connectivity index (χ3n) is 13.8. The van der Waals surface area contributed by atoms with Gasteiger partial charge in [-0.25, -0.2) is 4.79 Å². The molecule has 0 radical (unpaired) electrons. The summed E-state index contributed by atoms with van der Waals surface area (Å²) >= 11 is 0. The first-order chi connectivity index (χ1) is 29.8. The summed E-state index contributed by atoms with van der Waals surface area (Å²) in [5, 5.41) is 23.9. The van der Waals surface area contributed by atoms with Gasteiger partial charge in [-0.2, -0.15) is 0 Å². The van der Waals surface area contributed by atoms with E-state index in [1.165, 1.54) is 14.2 Å². The number of nitrogens with zero attached hydrogens (tertiary/aromatic N) is 1. The maximum absolute atomic E-state index is 14.5. The number of nitrogens with two attached hydrogens (primary N) is 1. The van der Waals surface area contributed by atoms with Crippen LogP contribution in [0.15, 0.2) is 36.0 Å². The SMILES string of the molecule is C=CCOC1CC(N)(C=C(C)C2OC(=O)C3CCCCN3C(=O)C(=O)C3(O)OC(C(OC)CC(C)CC(C)=CC(CC)C(=O)CC(O)C2C)C(OC)CC3C)CCC1C(=O)OCC. The van der Waals surface area contributed by atoms with Crippen LogP contribution in [-0.4, -0.2) is 132 Å². The number of allylic oxidation sites excluding steroid dienone is 2. The molecule has 15 nitrogen and oxygen atoms in total. The molecule has 0 aromatic rings. The average molecular weight is 889 g/mol. The predicted molar refractivity (Wildman–Crippen MR) is 235 cm³/mol. The smallest absolute Gasteiger partial charge is 0.329 e. The molecule has 2 bridgehead atoms. The van der Waals surface area contributed by atoms with Crippen LogP contribution in [0.25, 0.3) is 0 Å². The van der Waals surface area contributed by atoms with E-state index < -0.39 is 95.3 Å². The molecule has 3 aliphatic heterocycles. The Hall–Kier alpha value is -3.31. The lowest BCUT2D eigenvalue weighted by Crippen LogP contribution is -2.64. The van der Waals surface area contributed by atoms with Crippen LogP contribution < -0.4 is 5.73 Å². The molecule has 1 amide bonds. The zero-order chi connectivity index (χ0) is 46.8. The van der Waals surface area contributed by atoms with Crippen molar-refractivity contribution < 1.29 is 62.6 Å². The van der Waals surface area contributed by atoms with Gasteiger partial charge in [-0.3, -0.25) is 19.2 Å². The fourth-order valence-corrected chi connectivity index (χ4v) is 10.2. The van der Waals surface area contributed by atoms with Crippen molar-refractivity contribution in [2.45, 2.75) is 173 Å². The van der Waals surface area contributed by atoms with Crippen molar-refractivity contribution in [1.29, 1.82) is 0 Å². The minimum absolute atomic E-state index is 0.00656. The topological polar surface area (TPSA) is 210 Å². The molecule has 4 N–H and O–H groups in total. The van der Waals surface area contributed by atoms with Gasteiger partial charge in [0.1, 0.15) is 24.0 Å². The van der Waals surface area contributed by atoms with Crippen LogP contribution in [-0.2, 0) is 52.4 Å². The number of fused-ring (bicyclic) bond motifs is 3. The summed E-state index contributed by atoms with van der Waals surface area (Å²) in [4.78, 5) is 71.2. The summed E-state index contributed by atoms with van der Waals surface area (Å²) in [7, 11) is 3.04. The van der Waals surface area contributed by atoms with Gasteiger partial charge in [0.25, 0.3) is 11.7 Å². The van der Waals surface area contributed by atoms with Crippen LogP contribution in [0.5, 0.6) is 0 Å². The number of aliphatic hydroxyl groups is 2. The largest absolute Gasteiger partial charge is 0.466 e. The minimum atomic E-state index is -2.54. The van der Waals surface area contributed by atoms with Crippen LogP contribution in [0.1, 0.15) is 119 Å². The number of carbonyl (C=O) groups excluding carboxylic acids is 5. The Morgan fingerprint density at radius 2 is 1.71 bits per heavy atom. The molecule has 2 saturated heterocycles. The fraction of sp³-hybridized carbons (Fsp3) is 0.771. The van der Waals surface area contributed by atoms with Gasteiger partial charge in [-0.15, -0.1) is 6.58 Å². The molecule has 0 aromatic heterocycles. The van der Waals surface area contributed by atoms with Crippen molar-refractivity contribution in [3.05, 3.63) is 36.0 Å². The highest BCUT2D eigenvalue weighted by Gasteiger charge is 2.57. The number of hydrogen-bond acceptors (Lipinski definition) is 14. The van der Waals surface area contributed by atoms with Crippen molar-refractivity contribution in [3.63, 3.8) is 0 Å². The molecule has 356 valence electrons. The maximum Gasteiger partial charge on any atom is 0.329 e. The second-order valence-electron chi connectivity index (χ2n) is 18.7. The molecule has 1 aliphatic carbocycles. The summed E-state index contributed by atoms with van der Waals surface area (Å²) in [5.41, 5.74) is 7.49. The number of piperidine rings is 1. The van der Waals surface area contributed by atoms with Crippen molar-refractivity contribution in [2.24, 2.45) is 35.3 Å². The molecule has 0 spiro atoms. The monoisotopic (exact) mass is 889 g/mol. The number of hydrogen-bond donors (Lipinski definition) is 3. The maximum atomic E-state index is 14.5. The summed E-state index contributed by atoms with van der Waals surface area (Å²) in [6.45, 7) is 16.9. The van der Waals surface area contributed by atoms with Crippen molar-refractivity contribution in [1.82, 2.24) is 4.90 Å². The number of Topliss-reactive ketones (excluding diaryl/α,β-unsaturated/α-hetero) is 2. The molecule has 4 rings (SSSR count). The first-order valence-electron chi connectivity index (χ1n) is 23.0. The number of cyclic esters (lactones) is 1. The Morgan fingerprint density at radius 1 is 1.03 bits per heavy atom. The highest BCUT2D eigenvalue weighted by Crippen LogP contribution is 2.40. The number of ether oxygens (including phenoxy) is 6. The Labute approximate surface area is 374 Å². The standard InChI is InChI=1S/C48H76N2O13/c1-11-20-61-40-27-47(49,18-17-34(40)45(55)60-13-3)26-30(6)41-32(8)36(51)25-37(52)33(12-2)22-28(4)21-29(5)23-38(58-9)42-39(59-10)24-31(7)48(57,63-42)43(53)44(54)50-19-15-14-16-35(50)46(56)62-41/h11,22,26,29,31-36,38-42,51,57H,1,12-21,23-25,27,49H2,2-10H3. The van der Waals surface area contributed by atoms with Crippen LogP contribution in [0, 0.1) is 29.6 Å². The third-order valence-corrected chi connectivity index (χ3v) is 13.8. The molecule has 63 heavy (non-hydrogen) atoms. The molecule has 1 saturated carbocycles. The fourth-order valence-electron chi connectivity index (χ4n) is 10.2. The van der Waals surface area contributed by atoms with Gasteiger partial charge in [0, 0.05) is 50.5 Å². The van der Waals surface area contributed by atoms with E-state index in [0.717, 1.165) is 10.5 Å². The van der Waals surface area contributed by atoms with Crippen molar-refractivity contribution in [3.8, 4) is 0 Å². The summed E-state index contributed by atoms with van der Waals surface area (Å²) in [5.74, 6) is -8.88. The minimum Gasteiger partial charge on any atom is -0.466 e. The van der Waals surface area contributed by atoms with Gasteiger partial charge in [-0.1, -0.05) is 51.5 Å². The van der Waals surface area contributed by atoms with Crippen LogP contribution >= 0.6 is 0 Å². The second-order valence-corrected chi connectivity index (χ2v) is 18.7. The predicted octanol–water partition coefficient (Wildman–Crippen LogP) is 4.93. The van der Waals surface area contributed by atoms with Crippen molar-refractivity contribution >= 4 is 29.4 Å². The Balaban J connectivity index is 1.78. The second kappa shape index (κ2) is 23.2. The summed E-state index contributed by atoms with van der Waals surface area (Å²) in [6, 6.07) is -1.20. The van der Waals surface area contributed by atoms with Gasteiger partial charge in [0.2, 0.25) is 5.79 Å². The molecule has 15 heteroatoms. The van der Waals surface area contributed by atoms with Gasteiger partial charge >= 0.3 is 11.9 Å². The van der Waals surface area contributed by atoms with Gasteiger partial charge in [0.15, 0.2) is 0 Å². The van der Waals surface area contributed by atoms with Gasteiger partial charge in [-0.05, 0) is 96.5 Å². The summed E-state index contributed by atoms with van der Waals surface area (Å²) in [6.07, 6.45) is 3.96. The lowest BCUT2D eigenvalue weighted by Gasteiger charge is -2.47. The zero-order valence-corrected chi connectivity index (χ0v) is 39.2. The first-order valence-corrected chi connectivity index (χ1v) is 23.0. The quantitative estimate of drug-likeness (QED) is 0.151. The number of rotatable bonds is 10. The number of esters is 2. The lowest BCUT2D eigenvalue weighted by atomic mass is 9.73. The zero-order valence-electron chi connectivity index (χ0n) is 39.2. The lowest BCUT2D eigenvalue weighted by molar-refractivity contribution is -0.302. The number of methoxy groups -OCH3 is 2. The van der Waals surface area contributed by atoms with E-state index in [-0.39, 0.29) is 63.1 Å².